The highest BCUT2D eigenvalue weighted by Crippen LogP contribution is 2.21. The Hall–Kier alpha value is -0.630. The molecule has 2 saturated heterocycles. The second-order valence-corrected chi connectivity index (χ2v) is 7.16. The second-order valence-electron chi connectivity index (χ2n) is 7.16. The van der Waals surface area contributed by atoms with Gasteiger partial charge in [-0.1, -0.05) is 6.42 Å². The van der Waals surface area contributed by atoms with Crippen LogP contribution in [-0.4, -0.2) is 54.1 Å². The van der Waals surface area contributed by atoms with Gasteiger partial charge in [0, 0.05) is 6.04 Å². The standard InChI is InChI=1S/C17H32N4/c1-17(19,15-18)9-3-6-10-20-13-7-16(8-14-20)21-11-4-2-5-12-21/h16H,2-14,19H2,1H3. The Kier molecular flexibility index (Phi) is 6.47. The van der Waals surface area contributed by atoms with Crippen LogP contribution in [-0.2, 0) is 0 Å². The van der Waals surface area contributed by atoms with E-state index in [-0.39, 0.29) is 0 Å². The molecule has 0 bridgehead atoms. The minimum Gasteiger partial charge on any atom is -0.314 e. The molecule has 2 N–H and O–H groups in total. The number of nitrogens with two attached hydrogens (primary N) is 1. The van der Waals surface area contributed by atoms with Crippen LogP contribution in [0.3, 0.4) is 0 Å². The van der Waals surface area contributed by atoms with Gasteiger partial charge in [-0.15, -0.1) is 0 Å². The van der Waals surface area contributed by atoms with Gasteiger partial charge < -0.3 is 15.5 Å². The third-order valence-corrected chi connectivity index (χ3v) is 5.14. The first-order valence-corrected chi connectivity index (χ1v) is 8.77. The average Bonchev–Trinajstić information content (AvgIpc) is 2.53. The van der Waals surface area contributed by atoms with Gasteiger partial charge in [-0.2, -0.15) is 5.26 Å². The Bertz CT molecular complexity index is 333. The van der Waals surface area contributed by atoms with E-state index < -0.39 is 5.54 Å². The second kappa shape index (κ2) is 8.12. The number of hydrogen-bond donors (Lipinski definition) is 1. The van der Waals surface area contributed by atoms with Gasteiger partial charge >= 0.3 is 0 Å². The van der Waals surface area contributed by atoms with Crippen LogP contribution in [0.5, 0.6) is 0 Å². The molecule has 21 heavy (non-hydrogen) atoms. The lowest BCUT2D eigenvalue weighted by atomic mass is 9.97. The predicted molar refractivity (Wildman–Crippen MR) is 86.9 cm³/mol. The minimum atomic E-state index is -0.638. The molecule has 2 aliphatic rings. The molecule has 4 heteroatoms. The monoisotopic (exact) mass is 292 g/mol. The smallest absolute Gasteiger partial charge is 0.101 e. The molecule has 0 aromatic heterocycles. The third-order valence-electron chi connectivity index (χ3n) is 5.14. The van der Waals surface area contributed by atoms with E-state index >= 15 is 0 Å². The predicted octanol–water partition coefficient (Wildman–Crippen LogP) is 2.35. The summed E-state index contributed by atoms with van der Waals surface area (Å²) in [6, 6.07) is 3.02. The van der Waals surface area contributed by atoms with Gasteiger partial charge in [-0.3, -0.25) is 0 Å². The summed E-state index contributed by atoms with van der Waals surface area (Å²) in [7, 11) is 0. The van der Waals surface area contributed by atoms with E-state index in [1.807, 2.05) is 6.92 Å². The number of nitrogens with zero attached hydrogens (tertiary/aromatic N) is 3. The first kappa shape index (κ1) is 16.7. The Morgan fingerprint density at radius 2 is 1.76 bits per heavy atom. The first-order chi connectivity index (χ1) is 10.1. The number of unbranched alkanes of at least 4 members (excludes halogenated alkanes) is 1. The Morgan fingerprint density at radius 3 is 2.38 bits per heavy atom. The molecule has 2 fully saturated rings. The summed E-state index contributed by atoms with van der Waals surface area (Å²) in [5.74, 6) is 0. The molecule has 2 rings (SSSR count). The van der Waals surface area contributed by atoms with Crippen LogP contribution in [0.2, 0.25) is 0 Å². The van der Waals surface area contributed by atoms with Crippen molar-refractivity contribution in [1.82, 2.24) is 9.80 Å². The van der Waals surface area contributed by atoms with Gasteiger partial charge in [-0.25, -0.2) is 0 Å². The number of likely N-dealkylation sites (tertiary alicyclic amines) is 2. The van der Waals surface area contributed by atoms with Crippen molar-refractivity contribution >= 4 is 0 Å². The highest BCUT2D eigenvalue weighted by Gasteiger charge is 2.25. The molecule has 120 valence electrons. The normalized spacial score (nSPS) is 25.4. The van der Waals surface area contributed by atoms with E-state index in [2.05, 4.69) is 15.9 Å². The molecule has 2 heterocycles. The zero-order chi connectivity index (χ0) is 15.1. The number of rotatable bonds is 6. The van der Waals surface area contributed by atoms with E-state index in [1.165, 1.54) is 71.2 Å². The highest BCUT2D eigenvalue weighted by molar-refractivity contribution is 5.00. The van der Waals surface area contributed by atoms with Crippen molar-refractivity contribution < 1.29 is 0 Å². The molecule has 0 spiro atoms. The molecule has 0 amide bonds. The SMILES string of the molecule is CC(N)(C#N)CCCCN1CCC(N2CCCCC2)CC1. The quantitative estimate of drug-likeness (QED) is 0.764. The zero-order valence-corrected chi connectivity index (χ0v) is 13.7. The van der Waals surface area contributed by atoms with Crippen LogP contribution in [0.1, 0.15) is 58.3 Å². The number of nitriles is 1. The van der Waals surface area contributed by atoms with Crippen LogP contribution in [0.15, 0.2) is 0 Å². The fourth-order valence-electron chi connectivity index (χ4n) is 3.68. The molecule has 0 radical (unpaired) electrons. The summed E-state index contributed by atoms with van der Waals surface area (Å²) in [4.78, 5) is 5.33. The molecular formula is C17H32N4. The fourth-order valence-corrected chi connectivity index (χ4v) is 3.68. The van der Waals surface area contributed by atoms with Gasteiger partial charge in [0.2, 0.25) is 0 Å². The lowest BCUT2D eigenvalue weighted by Gasteiger charge is -2.40. The molecule has 0 aliphatic carbocycles. The van der Waals surface area contributed by atoms with Gasteiger partial charge in [0.1, 0.15) is 5.54 Å². The van der Waals surface area contributed by atoms with Crippen molar-refractivity contribution in [2.24, 2.45) is 5.73 Å². The van der Waals surface area contributed by atoms with Crippen molar-refractivity contribution in [2.45, 2.75) is 69.9 Å². The Morgan fingerprint density at radius 1 is 1.10 bits per heavy atom. The van der Waals surface area contributed by atoms with Crippen LogP contribution < -0.4 is 5.73 Å². The maximum absolute atomic E-state index is 8.90. The van der Waals surface area contributed by atoms with Gasteiger partial charge in [0.05, 0.1) is 6.07 Å². The van der Waals surface area contributed by atoms with Crippen molar-refractivity contribution in [3.05, 3.63) is 0 Å². The van der Waals surface area contributed by atoms with Crippen LogP contribution >= 0.6 is 0 Å². The molecule has 1 atom stereocenters. The summed E-state index contributed by atoms with van der Waals surface area (Å²) in [5.41, 5.74) is 5.22. The van der Waals surface area contributed by atoms with Gasteiger partial charge in [0.15, 0.2) is 0 Å². The largest absolute Gasteiger partial charge is 0.314 e. The lowest BCUT2D eigenvalue weighted by molar-refractivity contribution is 0.0917. The zero-order valence-electron chi connectivity index (χ0n) is 13.7. The summed E-state index contributed by atoms with van der Waals surface area (Å²) in [5, 5.41) is 8.90. The van der Waals surface area contributed by atoms with E-state index in [9.17, 15) is 0 Å². The molecular weight excluding hydrogens is 260 g/mol. The molecule has 2 aliphatic heterocycles. The van der Waals surface area contributed by atoms with Crippen LogP contribution in [0.25, 0.3) is 0 Å². The number of hydrogen-bond acceptors (Lipinski definition) is 4. The van der Waals surface area contributed by atoms with Crippen molar-refractivity contribution in [2.75, 3.05) is 32.7 Å². The number of piperidine rings is 2. The summed E-state index contributed by atoms with van der Waals surface area (Å²) in [6.07, 6.45) is 9.95. The first-order valence-electron chi connectivity index (χ1n) is 8.77. The molecule has 0 aromatic carbocycles. The highest BCUT2D eigenvalue weighted by atomic mass is 15.2. The maximum Gasteiger partial charge on any atom is 0.101 e. The van der Waals surface area contributed by atoms with Crippen LogP contribution in [0, 0.1) is 11.3 Å². The van der Waals surface area contributed by atoms with E-state index in [0.717, 1.165) is 18.9 Å². The van der Waals surface area contributed by atoms with Crippen LogP contribution in [0.4, 0.5) is 0 Å². The molecule has 0 aromatic rings. The molecule has 4 nitrogen and oxygen atoms in total. The van der Waals surface area contributed by atoms with E-state index in [1.54, 1.807) is 0 Å². The van der Waals surface area contributed by atoms with E-state index in [4.69, 9.17) is 11.0 Å². The van der Waals surface area contributed by atoms with Gasteiger partial charge in [-0.05, 0) is 84.6 Å². The van der Waals surface area contributed by atoms with Crippen molar-refractivity contribution in [3.63, 3.8) is 0 Å². The lowest BCUT2D eigenvalue weighted by Crippen LogP contribution is -2.46. The molecule has 0 saturated carbocycles. The summed E-state index contributed by atoms with van der Waals surface area (Å²) in [6.45, 7) is 8.16. The Labute approximate surface area is 130 Å². The minimum absolute atomic E-state index is 0.638. The summed E-state index contributed by atoms with van der Waals surface area (Å²) >= 11 is 0. The van der Waals surface area contributed by atoms with Crippen molar-refractivity contribution in [1.29, 1.82) is 5.26 Å². The summed E-state index contributed by atoms with van der Waals surface area (Å²) < 4.78 is 0. The average molecular weight is 292 g/mol. The van der Waals surface area contributed by atoms with Gasteiger partial charge in [0.25, 0.3) is 0 Å². The topological polar surface area (TPSA) is 56.3 Å². The maximum atomic E-state index is 8.90. The van der Waals surface area contributed by atoms with E-state index in [0.29, 0.717) is 0 Å². The van der Waals surface area contributed by atoms with Crippen molar-refractivity contribution in [3.8, 4) is 6.07 Å². The molecule has 1 unspecified atom stereocenters. The fraction of sp³-hybridized carbons (Fsp3) is 0.941. The Balaban J connectivity index is 1.58. The third kappa shape index (κ3) is 5.58.